The van der Waals surface area contributed by atoms with Crippen LogP contribution in [0.5, 0.6) is 0 Å². The van der Waals surface area contributed by atoms with Gasteiger partial charge in [0.1, 0.15) is 0 Å². The molecule has 0 saturated carbocycles. The van der Waals surface area contributed by atoms with Gasteiger partial charge in [0.05, 0.1) is 24.1 Å². The van der Waals surface area contributed by atoms with Crippen molar-refractivity contribution in [1.29, 1.82) is 0 Å². The van der Waals surface area contributed by atoms with E-state index in [1.807, 2.05) is 0 Å². The lowest BCUT2D eigenvalue weighted by Gasteiger charge is -2.34. The minimum Gasteiger partial charge on any atom is -0.373 e. The summed E-state index contributed by atoms with van der Waals surface area (Å²) in [5, 5.41) is 8.61. The number of ether oxygens (including phenoxy) is 1. The van der Waals surface area contributed by atoms with E-state index in [1.54, 1.807) is 0 Å². The summed E-state index contributed by atoms with van der Waals surface area (Å²) >= 11 is 0. The molecule has 1 saturated heterocycles. The van der Waals surface area contributed by atoms with Gasteiger partial charge in [-0.1, -0.05) is 13.8 Å². The fourth-order valence-corrected chi connectivity index (χ4v) is 2.48. The molecule has 1 fully saturated rings. The molecule has 0 aromatic carbocycles. The summed E-state index contributed by atoms with van der Waals surface area (Å²) in [4.78, 5) is 9.01. The summed E-state index contributed by atoms with van der Waals surface area (Å²) < 4.78 is 5.78. The molecular weight excluding hydrogens is 254 g/mol. The average molecular weight is 279 g/mol. The standard InChI is InChI=1S/C14H25N5O/c1-5-12-13(6-2)16-17-14(15-12)19-7-8-20-11(10-19)9-18(3)4/h11H,5-10H2,1-4H3. The molecule has 2 rings (SSSR count). The van der Waals surface area contributed by atoms with Crippen molar-refractivity contribution in [2.45, 2.75) is 32.8 Å². The Labute approximate surface area is 121 Å². The van der Waals surface area contributed by atoms with Gasteiger partial charge in [-0.2, -0.15) is 5.10 Å². The van der Waals surface area contributed by atoms with E-state index in [-0.39, 0.29) is 6.10 Å². The van der Waals surface area contributed by atoms with Crippen molar-refractivity contribution >= 4 is 5.95 Å². The second kappa shape index (κ2) is 6.95. The van der Waals surface area contributed by atoms with Crippen LogP contribution in [-0.4, -0.2) is 66.5 Å². The second-order valence-electron chi connectivity index (χ2n) is 5.41. The molecule has 1 aliphatic heterocycles. The summed E-state index contributed by atoms with van der Waals surface area (Å²) in [7, 11) is 4.12. The summed E-state index contributed by atoms with van der Waals surface area (Å²) in [6.07, 6.45) is 1.99. The molecule has 20 heavy (non-hydrogen) atoms. The maximum atomic E-state index is 5.78. The largest absolute Gasteiger partial charge is 0.373 e. The van der Waals surface area contributed by atoms with Crippen LogP contribution in [0.2, 0.25) is 0 Å². The second-order valence-corrected chi connectivity index (χ2v) is 5.41. The molecule has 0 radical (unpaired) electrons. The molecule has 0 aliphatic carbocycles. The van der Waals surface area contributed by atoms with Crippen molar-refractivity contribution in [3.8, 4) is 0 Å². The number of nitrogens with zero attached hydrogens (tertiary/aromatic N) is 5. The van der Waals surface area contributed by atoms with Gasteiger partial charge in [-0.3, -0.25) is 0 Å². The minimum absolute atomic E-state index is 0.207. The van der Waals surface area contributed by atoms with E-state index in [0.29, 0.717) is 0 Å². The monoisotopic (exact) mass is 279 g/mol. The Bertz CT molecular complexity index is 438. The highest BCUT2D eigenvalue weighted by atomic mass is 16.5. The molecule has 6 nitrogen and oxygen atoms in total. The lowest BCUT2D eigenvalue weighted by molar-refractivity contribution is 0.0242. The van der Waals surface area contributed by atoms with Crippen LogP contribution in [0.3, 0.4) is 0 Å². The van der Waals surface area contributed by atoms with Gasteiger partial charge in [-0.15, -0.1) is 5.10 Å². The molecule has 0 amide bonds. The van der Waals surface area contributed by atoms with Crippen LogP contribution in [0.4, 0.5) is 5.95 Å². The van der Waals surface area contributed by atoms with Crippen LogP contribution in [0.1, 0.15) is 25.2 Å². The number of rotatable bonds is 5. The zero-order chi connectivity index (χ0) is 14.5. The average Bonchev–Trinajstić information content (AvgIpc) is 2.46. The first-order valence-electron chi connectivity index (χ1n) is 7.37. The first-order chi connectivity index (χ1) is 9.63. The number of likely N-dealkylation sites (N-methyl/N-ethyl adjacent to an activating group) is 1. The molecule has 1 aromatic rings. The number of hydrogen-bond acceptors (Lipinski definition) is 6. The zero-order valence-electron chi connectivity index (χ0n) is 13.0. The lowest BCUT2D eigenvalue weighted by atomic mass is 10.2. The van der Waals surface area contributed by atoms with Crippen molar-refractivity contribution in [3.05, 3.63) is 11.4 Å². The highest BCUT2D eigenvalue weighted by Crippen LogP contribution is 2.15. The van der Waals surface area contributed by atoms with Gasteiger partial charge in [0.25, 0.3) is 0 Å². The van der Waals surface area contributed by atoms with Crippen molar-refractivity contribution in [2.75, 3.05) is 45.2 Å². The molecule has 0 N–H and O–H groups in total. The number of hydrogen-bond donors (Lipinski definition) is 0. The highest BCUT2D eigenvalue weighted by Gasteiger charge is 2.23. The van der Waals surface area contributed by atoms with Crippen LogP contribution in [0.15, 0.2) is 0 Å². The van der Waals surface area contributed by atoms with Crippen LogP contribution >= 0.6 is 0 Å². The smallest absolute Gasteiger partial charge is 0.245 e. The Morgan fingerprint density at radius 3 is 2.60 bits per heavy atom. The van der Waals surface area contributed by atoms with Gasteiger partial charge >= 0.3 is 0 Å². The van der Waals surface area contributed by atoms with Gasteiger partial charge in [0.2, 0.25) is 5.95 Å². The van der Waals surface area contributed by atoms with E-state index in [4.69, 9.17) is 4.74 Å². The normalized spacial score (nSPS) is 19.6. The first-order valence-corrected chi connectivity index (χ1v) is 7.37. The Kier molecular flexibility index (Phi) is 5.25. The summed E-state index contributed by atoms with van der Waals surface area (Å²) in [5.74, 6) is 0.742. The van der Waals surface area contributed by atoms with E-state index in [0.717, 1.165) is 56.4 Å². The van der Waals surface area contributed by atoms with Crippen LogP contribution in [0, 0.1) is 0 Å². The van der Waals surface area contributed by atoms with Gasteiger partial charge in [0.15, 0.2) is 0 Å². The Morgan fingerprint density at radius 1 is 1.20 bits per heavy atom. The fourth-order valence-electron chi connectivity index (χ4n) is 2.48. The molecule has 0 bridgehead atoms. The lowest BCUT2D eigenvalue weighted by Crippen LogP contribution is -2.47. The molecular formula is C14H25N5O. The third-order valence-corrected chi connectivity index (χ3v) is 3.49. The maximum Gasteiger partial charge on any atom is 0.245 e. The molecule has 2 heterocycles. The molecule has 1 unspecified atom stereocenters. The highest BCUT2D eigenvalue weighted by molar-refractivity contribution is 5.31. The van der Waals surface area contributed by atoms with Gasteiger partial charge < -0.3 is 14.5 Å². The molecule has 1 atom stereocenters. The fraction of sp³-hybridized carbons (Fsp3) is 0.786. The topological polar surface area (TPSA) is 54.4 Å². The van der Waals surface area contributed by atoms with E-state index in [2.05, 4.69) is 52.9 Å². The van der Waals surface area contributed by atoms with Crippen LogP contribution < -0.4 is 4.90 Å². The Hall–Kier alpha value is -1.27. The molecule has 112 valence electrons. The number of morpholine rings is 1. The van der Waals surface area contributed by atoms with E-state index in [9.17, 15) is 0 Å². The Balaban J connectivity index is 2.10. The zero-order valence-corrected chi connectivity index (χ0v) is 13.0. The van der Waals surface area contributed by atoms with Crippen molar-refractivity contribution in [2.24, 2.45) is 0 Å². The summed E-state index contributed by atoms with van der Waals surface area (Å²) in [6.45, 7) is 7.50. The van der Waals surface area contributed by atoms with Crippen LogP contribution in [0.25, 0.3) is 0 Å². The number of anilines is 1. The van der Waals surface area contributed by atoms with E-state index >= 15 is 0 Å². The van der Waals surface area contributed by atoms with Gasteiger partial charge in [-0.25, -0.2) is 4.98 Å². The van der Waals surface area contributed by atoms with Crippen molar-refractivity contribution in [1.82, 2.24) is 20.1 Å². The SMILES string of the molecule is CCc1nnc(N2CCOC(CN(C)C)C2)nc1CC. The third-order valence-electron chi connectivity index (χ3n) is 3.49. The minimum atomic E-state index is 0.207. The van der Waals surface area contributed by atoms with Gasteiger partial charge in [-0.05, 0) is 26.9 Å². The quantitative estimate of drug-likeness (QED) is 0.793. The summed E-state index contributed by atoms with van der Waals surface area (Å²) in [6, 6.07) is 0. The summed E-state index contributed by atoms with van der Waals surface area (Å²) in [5.41, 5.74) is 2.07. The third kappa shape index (κ3) is 3.64. The maximum absolute atomic E-state index is 5.78. The van der Waals surface area contributed by atoms with Crippen molar-refractivity contribution in [3.63, 3.8) is 0 Å². The molecule has 1 aromatic heterocycles. The van der Waals surface area contributed by atoms with Crippen LogP contribution in [-0.2, 0) is 17.6 Å². The first kappa shape index (κ1) is 15.1. The van der Waals surface area contributed by atoms with Gasteiger partial charge in [0, 0.05) is 19.6 Å². The van der Waals surface area contributed by atoms with Crippen molar-refractivity contribution < 1.29 is 4.74 Å². The predicted molar refractivity (Wildman–Crippen MR) is 79.1 cm³/mol. The molecule has 0 spiro atoms. The Morgan fingerprint density at radius 2 is 1.95 bits per heavy atom. The molecule has 6 heteroatoms. The predicted octanol–water partition coefficient (Wildman–Crippen LogP) is 0.763. The van der Waals surface area contributed by atoms with E-state index in [1.165, 1.54) is 0 Å². The number of aromatic nitrogens is 3. The number of aryl methyl sites for hydroxylation is 2. The van der Waals surface area contributed by atoms with E-state index < -0.39 is 0 Å². The molecule has 1 aliphatic rings.